The molecular weight excluding hydrogens is 390 g/mol. The number of methoxy groups -OCH3 is 2. The van der Waals surface area contributed by atoms with Crippen LogP contribution in [-0.4, -0.2) is 42.6 Å². The number of rotatable bonds is 4. The topological polar surface area (TPSA) is 113 Å². The van der Waals surface area contributed by atoms with E-state index >= 15 is 0 Å². The van der Waals surface area contributed by atoms with Gasteiger partial charge in [-0.2, -0.15) is 0 Å². The van der Waals surface area contributed by atoms with Crippen LogP contribution < -0.4 is 19.8 Å². The van der Waals surface area contributed by atoms with Gasteiger partial charge < -0.3 is 34.1 Å². The van der Waals surface area contributed by atoms with Gasteiger partial charge in [-0.05, 0) is 31.4 Å². The molecule has 0 atom stereocenters. The van der Waals surface area contributed by atoms with Crippen molar-refractivity contribution in [3.05, 3.63) is 34.5 Å². The molecule has 4 rings (SSSR count). The Kier molecular flexibility index (Phi) is 5.07. The van der Waals surface area contributed by atoms with Crippen LogP contribution >= 0.6 is 0 Å². The molecule has 8 heteroatoms. The molecule has 30 heavy (non-hydrogen) atoms. The Morgan fingerprint density at radius 1 is 0.933 bits per heavy atom. The predicted molar refractivity (Wildman–Crippen MR) is 112 cm³/mol. The first-order valence-electron chi connectivity index (χ1n) is 9.67. The summed E-state index contributed by atoms with van der Waals surface area (Å²) < 4.78 is 16.6. The Morgan fingerprint density at radius 2 is 1.57 bits per heavy atom. The number of fused-ring (bicyclic) bond motifs is 1. The van der Waals surface area contributed by atoms with E-state index in [4.69, 9.17) is 13.9 Å². The highest BCUT2D eigenvalue weighted by Crippen LogP contribution is 2.43. The van der Waals surface area contributed by atoms with Gasteiger partial charge in [0.2, 0.25) is 11.2 Å². The van der Waals surface area contributed by atoms with Crippen molar-refractivity contribution in [1.82, 2.24) is 0 Å². The summed E-state index contributed by atoms with van der Waals surface area (Å²) in [5, 5.41) is 30.5. The molecule has 0 unspecified atom stereocenters. The molecule has 0 bridgehead atoms. The SMILES string of the molecule is COc1cc(-c2oc3cc(O)cc(O)c3c(=O)c2N2CCCCC2)cc(OC)c1O. The van der Waals surface area contributed by atoms with E-state index in [1.54, 1.807) is 12.1 Å². The summed E-state index contributed by atoms with van der Waals surface area (Å²) >= 11 is 0. The molecule has 1 aromatic heterocycles. The molecule has 0 radical (unpaired) electrons. The number of phenolic OH excluding ortho intramolecular Hbond substituents is 3. The van der Waals surface area contributed by atoms with E-state index in [1.165, 1.54) is 20.3 Å². The molecule has 2 heterocycles. The lowest BCUT2D eigenvalue weighted by Crippen LogP contribution is -2.33. The lowest BCUT2D eigenvalue weighted by molar-refractivity contribution is 0.340. The summed E-state index contributed by atoms with van der Waals surface area (Å²) in [5.74, 6) is -0.159. The minimum Gasteiger partial charge on any atom is -0.508 e. The molecule has 0 aliphatic carbocycles. The summed E-state index contributed by atoms with van der Waals surface area (Å²) in [6, 6.07) is 5.51. The van der Waals surface area contributed by atoms with Gasteiger partial charge in [0.1, 0.15) is 28.2 Å². The van der Waals surface area contributed by atoms with Crippen LogP contribution in [0.3, 0.4) is 0 Å². The number of piperidine rings is 1. The van der Waals surface area contributed by atoms with Crippen LogP contribution in [0.25, 0.3) is 22.3 Å². The van der Waals surface area contributed by atoms with E-state index in [0.717, 1.165) is 25.3 Å². The standard InChI is InChI=1S/C22H23NO7/c1-28-16-8-12(9-17(29-2)20(16)26)22-19(23-6-4-3-5-7-23)21(27)18-14(25)10-13(24)11-15(18)30-22/h8-11,24-26H,3-7H2,1-2H3. The average Bonchev–Trinajstić information content (AvgIpc) is 2.73. The molecule has 0 amide bonds. The van der Waals surface area contributed by atoms with E-state index < -0.39 is 5.43 Å². The third-order valence-electron chi connectivity index (χ3n) is 5.35. The van der Waals surface area contributed by atoms with Crippen LogP contribution in [0.5, 0.6) is 28.7 Å². The Labute approximate surface area is 172 Å². The second-order valence-corrected chi connectivity index (χ2v) is 7.22. The molecule has 1 aliphatic heterocycles. The van der Waals surface area contributed by atoms with E-state index in [2.05, 4.69) is 0 Å². The molecule has 1 fully saturated rings. The molecule has 1 aliphatic rings. The average molecular weight is 413 g/mol. The zero-order chi connectivity index (χ0) is 21.4. The van der Waals surface area contributed by atoms with Crippen molar-refractivity contribution in [2.45, 2.75) is 19.3 Å². The lowest BCUT2D eigenvalue weighted by atomic mass is 10.0. The Bertz CT molecular complexity index is 1140. The van der Waals surface area contributed by atoms with Crippen molar-refractivity contribution in [3.8, 4) is 40.1 Å². The first kappa shape index (κ1) is 19.8. The van der Waals surface area contributed by atoms with Gasteiger partial charge >= 0.3 is 0 Å². The normalized spacial score (nSPS) is 14.1. The number of nitrogens with zero attached hydrogens (tertiary/aromatic N) is 1. The first-order chi connectivity index (χ1) is 14.4. The number of ether oxygens (including phenoxy) is 2. The van der Waals surface area contributed by atoms with E-state index in [-0.39, 0.29) is 45.5 Å². The summed E-state index contributed by atoms with van der Waals surface area (Å²) in [6.07, 6.45) is 2.94. The quantitative estimate of drug-likeness (QED) is 0.595. The van der Waals surface area contributed by atoms with Crippen LogP contribution in [0.1, 0.15) is 19.3 Å². The van der Waals surface area contributed by atoms with Crippen LogP contribution in [-0.2, 0) is 0 Å². The Hall–Kier alpha value is -3.55. The minimum absolute atomic E-state index is 0.00910. The highest BCUT2D eigenvalue weighted by atomic mass is 16.5. The molecule has 0 saturated carbocycles. The van der Waals surface area contributed by atoms with Crippen molar-refractivity contribution in [2.75, 3.05) is 32.2 Å². The number of anilines is 1. The Balaban J connectivity index is 2.06. The van der Waals surface area contributed by atoms with Gasteiger partial charge in [-0.1, -0.05) is 0 Å². The second-order valence-electron chi connectivity index (χ2n) is 7.22. The third kappa shape index (κ3) is 3.24. The number of benzene rings is 2. The number of hydrogen-bond acceptors (Lipinski definition) is 8. The first-order valence-corrected chi connectivity index (χ1v) is 9.67. The molecule has 8 nitrogen and oxygen atoms in total. The predicted octanol–water partition coefficient (Wildman–Crippen LogP) is 3.58. The monoisotopic (exact) mass is 413 g/mol. The van der Waals surface area contributed by atoms with Crippen molar-refractivity contribution < 1.29 is 29.2 Å². The summed E-state index contributed by atoms with van der Waals surface area (Å²) in [4.78, 5) is 15.4. The molecule has 3 aromatic rings. The smallest absolute Gasteiger partial charge is 0.220 e. The Morgan fingerprint density at radius 3 is 2.17 bits per heavy atom. The lowest BCUT2D eigenvalue weighted by Gasteiger charge is -2.29. The molecule has 2 aromatic carbocycles. The number of phenols is 3. The molecule has 0 spiro atoms. The fourth-order valence-electron chi connectivity index (χ4n) is 3.90. The maximum Gasteiger partial charge on any atom is 0.220 e. The van der Waals surface area contributed by atoms with Gasteiger partial charge in [0.25, 0.3) is 0 Å². The van der Waals surface area contributed by atoms with Gasteiger partial charge in [0.05, 0.1) is 14.2 Å². The van der Waals surface area contributed by atoms with E-state index in [1.807, 2.05) is 4.90 Å². The third-order valence-corrected chi connectivity index (χ3v) is 5.35. The molecule has 158 valence electrons. The molecule has 1 saturated heterocycles. The van der Waals surface area contributed by atoms with Crippen LogP contribution in [0.15, 0.2) is 33.5 Å². The zero-order valence-corrected chi connectivity index (χ0v) is 16.8. The van der Waals surface area contributed by atoms with E-state index in [0.29, 0.717) is 24.3 Å². The van der Waals surface area contributed by atoms with Crippen molar-refractivity contribution in [1.29, 1.82) is 0 Å². The van der Waals surface area contributed by atoms with Crippen LogP contribution in [0.2, 0.25) is 0 Å². The number of aromatic hydroxyl groups is 3. The maximum absolute atomic E-state index is 13.5. The summed E-state index contributed by atoms with van der Waals surface area (Å²) in [6.45, 7) is 1.35. The fraction of sp³-hybridized carbons (Fsp3) is 0.318. The highest BCUT2D eigenvalue weighted by molar-refractivity contribution is 5.91. The van der Waals surface area contributed by atoms with Crippen LogP contribution in [0.4, 0.5) is 5.69 Å². The number of hydrogen-bond donors (Lipinski definition) is 3. The zero-order valence-electron chi connectivity index (χ0n) is 16.8. The van der Waals surface area contributed by atoms with Crippen molar-refractivity contribution >= 4 is 16.7 Å². The maximum atomic E-state index is 13.5. The highest BCUT2D eigenvalue weighted by Gasteiger charge is 2.26. The minimum atomic E-state index is -0.392. The largest absolute Gasteiger partial charge is 0.508 e. The van der Waals surface area contributed by atoms with Gasteiger partial charge in [0, 0.05) is 30.8 Å². The summed E-state index contributed by atoms with van der Waals surface area (Å²) in [7, 11) is 2.83. The van der Waals surface area contributed by atoms with Gasteiger partial charge in [0.15, 0.2) is 17.3 Å². The fourth-order valence-corrected chi connectivity index (χ4v) is 3.90. The van der Waals surface area contributed by atoms with Crippen LogP contribution in [0, 0.1) is 0 Å². The van der Waals surface area contributed by atoms with Gasteiger partial charge in [-0.25, -0.2) is 0 Å². The van der Waals surface area contributed by atoms with Crippen molar-refractivity contribution in [2.24, 2.45) is 0 Å². The van der Waals surface area contributed by atoms with Gasteiger partial charge in [-0.3, -0.25) is 4.79 Å². The molecule has 3 N–H and O–H groups in total. The molecular formula is C22H23NO7. The van der Waals surface area contributed by atoms with Crippen molar-refractivity contribution in [3.63, 3.8) is 0 Å². The second kappa shape index (κ2) is 7.70. The van der Waals surface area contributed by atoms with Gasteiger partial charge in [-0.15, -0.1) is 0 Å². The van der Waals surface area contributed by atoms with E-state index in [9.17, 15) is 20.1 Å². The summed E-state index contributed by atoms with van der Waals surface area (Å²) in [5.41, 5.74) is 0.442.